The number of halogens is 1. The Bertz CT molecular complexity index is 881. The lowest BCUT2D eigenvalue weighted by atomic mass is 9.79. The molecule has 1 spiro atoms. The fourth-order valence-electron chi connectivity index (χ4n) is 5.65. The van der Waals surface area contributed by atoms with Crippen LogP contribution >= 0.6 is 11.6 Å². The summed E-state index contributed by atoms with van der Waals surface area (Å²) in [6.45, 7) is 5.69. The zero-order valence-electron chi connectivity index (χ0n) is 19.2. The van der Waals surface area contributed by atoms with Crippen LogP contribution in [0.5, 0.6) is 0 Å². The highest BCUT2D eigenvalue weighted by Gasteiger charge is 2.53. The van der Waals surface area contributed by atoms with Crippen molar-refractivity contribution in [2.75, 3.05) is 56.2 Å². The molecule has 0 aromatic carbocycles. The number of nitrogens with zero attached hydrogens (tertiary/aromatic N) is 4. The molecule has 0 aliphatic carbocycles. The summed E-state index contributed by atoms with van der Waals surface area (Å²) in [4.78, 5) is 33.6. The Hall–Kier alpha value is -1.89. The number of alkyl halides is 1. The van der Waals surface area contributed by atoms with Crippen LogP contribution in [0.2, 0.25) is 0 Å². The topological polar surface area (TPSA) is 137 Å². The van der Waals surface area contributed by atoms with E-state index in [1.54, 1.807) is 12.4 Å². The molecule has 11 nitrogen and oxygen atoms in total. The van der Waals surface area contributed by atoms with Crippen LogP contribution < -0.4 is 26.6 Å². The number of anilines is 2. The number of nitrogens with one attached hydrogen (secondary N) is 3. The van der Waals surface area contributed by atoms with Gasteiger partial charge in [0.15, 0.2) is 6.17 Å². The third-order valence-corrected chi connectivity index (χ3v) is 8.05. The first kappa shape index (κ1) is 23.8. The Morgan fingerprint density at radius 3 is 2.62 bits per heavy atom. The SMILES string of the molecule is NC(N=O)C(C(=O)Nc1cnccc1N1CCC(N2CCC23COC3)CC1)C1NCC(Cl)CN1. The van der Waals surface area contributed by atoms with E-state index in [1.165, 1.54) is 6.42 Å². The number of rotatable bonds is 7. The van der Waals surface area contributed by atoms with Gasteiger partial charge in [0.1, 0.15) is 5.92 Å². The molecule has 186 valence electrons. The summed E-state index contributed by atoms with van der Waals surface area (Å²) in [5.74, 6) is -1.28. The van der Waals surface area contributed by atoms with E-state index in [2.05, 4.69) is 35.9 Å². The molecule has 5 heterocycles. The molecule has 2 unspecified atom stereocenters. The fourth-order valence-corrected chi connectivity index (χ4v) is 5.82. The largest absolute Gasteiger partial charge is 0.377 e. The molecular weight excluding hydrogens is 460 g/mol. The molecule has 0 saturated carbocycles. The predicted molar refractivity (Wildman–Crippen MR) is 130 cm³/mol. The smallest absolute Gasteiger partial charge is 0.234 e. The maximum absolute atomic E-state index is 13.3. The van der Waals surface area contributed by atoms with Gasteiger partial charge in [-0.1, -0.05) is 5.18 Å². The number of nitrogens with two attached hydrogens (primary N) is 1. The van der Waals surface area contributed by atoms with Gasteiger partial charge in [0.25, 0.3) is 0 Å². The van der Waals surface area contributed by atoms with Gasteiger partial charge >= 0.3 is 0 Å². The summed E-state index contributed by atoms with van der Waals surface area (Å²) >= 11 is 6.12. The molecule has 1 aromatic heterocycles. The Morgan fingerprint density at radius 1 is 1.29 bits per heavy atom. The van der Waals surface area contributed by atoms with E-state index in [0.29, 0.717) is 30.4 Å². The van der Waals surface area contributed by atoms with E-state index in [-0.39, 0.29) is 11.3 Å². The van der Waals surface area contributed by atoms with Crippen molar-refractivity contribution < 1.29 is 9.53 Å². The van der Waals surface area contributed by atoms with Crippen LogP contribution in [0.3, 0.4) is 0 Å². The summed E-state index contributed by atoms with van der Waals surface area (Å²) in [5, 5.41) is 12.1. The van der Waals surface area contributed by atoms with Gasteiger partial charge in [0.2, 0.25) is 5.91 Å². The number of ether oxygens (including phenoxy) is 1. The molecule has 4 aliphatic heterocycles. The summed E-state index contributed by atoms with van der Waals surface area (Å²) in [6.07, 6.45) is 5.04. The van der Waals surface area contributed by atoms with Crippen molar-refractivity contribution in [2.45, 2.75) is 48.6 Å². The van der Waals surface area contributed by atoms with Crippen molar-refractivity contribution in [1.82, 2.24) is 20.5 Å². The molecule has 4 fully saturated rings. The van der Waals surface area contributed by atoms with Crippen molar-refractivity contribution in [2.24, 2.45) is 16.8 Å². The van der Waals surface area contributed by atoms with Crippen LogP contribution in [0.4, 0.5) is 11.4 Å². The second kappa shape index (κ2) is 10.00. The van der Waals surface area contributed by atoms with Crippen molar-refractivity contribution in [1.29, 1.82) is 0 Å². The molecule has 34 heavy (non-hydrogen) atoms. The van der Waals surface area contributed by atoms with Crippen molar-refractivity contribution in [3.05, 3.63) is 23.4 Å². The van der Waals surface area contributed by atoms with Gasteiger partial charge in [-0.2, -0.15) is 0 Å². The van der Waals surface area contributed by atoms with Crippen molar-refractivity contribution >= 4 is 28.9 Å². The van der Waals surface area contributed by atoms with Crippen LogP contribution in [0.1, 0.15) is 19.3 Å². The first-order chi connectivity index (χ1) is 16.5. The summed E-state index contributed by atoms with van der Waals surface area (Å²) in [7, 11) is 0. The van der Waals surface area contributed by atoms with E-state index in [1.807, 2.05) is 6.07 Å². The molecule has 5 N–H and O–H groups in total. The molecule has 5 rings (SSSR count). The van der Waals surface area contributed by atoms with Gasteiger partial charge in [0.05, 0.1) is 47.9 Å². The zero-order valence-corrected chi connectivity index (χ0v) is 19.9. The highest BCUT2D eigenvalue weighted by atomic mass is 35.5. The average Bonchev–Trinajstić information content (AvgIpc) is 2.80. The summed E-state index contributed by atoms with van der Waals surface area (Å²) in [6, 6.07) is 2.49. The number of nitroso groups, excluding NO2 is 1. The molecule has 12 heteroatoms. The van der Waals surface area contributed by atoms with Gasteiger partial charge in [-0.25, -0.2) is 0 Å². The molecule has 4 aliphatic rings. The number of hydrogen-bond donors (Lipinski definition) is 4. The van der Waals surface area contributed by atoms with Crippen LogP contribution in [-0.4, -0.2) is 91.0 Å². The fraction of sp³-hybridized carbons (Fsp3) is 0.727. The maximum Gasteiger partial charge on any atom is 0.234 e. The summed E-state index contributed by atoms with van der Waals surface area (Å²) in [5.41, 5.74) is 7.75. The Kier molecular flexibility index (Phi) is 7.01. The lowest BCUT2D eigenvalue weighted by molar-refractivity contribution is -0.208. The van der Waals surface area contributed by atoms with Crippen LogP contribution in [0.25, 0.3) is 0 Å². The molecule has 1 amide bonds. The number of piperidine rings is 1. The van der Waals surface area contributed by atoms with Gasteiger partial charge in [-0.3, -0.25) is 25.3 Å². The average molecular weight is 493 g/mol. The minimum atomic E-state index is -1.20. The molecule has 0 radical (unpaired) electrons. The molecule has 0 bridgehead atoms. The Balaban J connectivity index is 1.24. The normalized spacial score (nSPS) is 29.1. The highest BCUT2D eigenvalue weighted by Crippen LogP contribution is 2.41. The Morgan fingerprint density at radius 2 is 2.03 bits per heavy atom. The Labute approximate surface area is 204 Å². The molecular formula is C22H33ClN8O3. The number of likely N-dealkylation sites (tertiary alicyclic amines) is 1. The van der Waals surface area contributed by atoms with Crippen LogP contribution in [0.15, 0.2) is 23.6 Å². The number of amides is 1. The number of pyridine rings is 1. The maximum atomic E-state index is 13.3. The molecule has 4 saturated heterocycles. The quantitative estimate of drug-likeness (QED) is 0.312. The van der Waals surface area contributed by atoms with E-state index < -0.39 is 18.2 Å². The number of carbonyl (C=O) groups excluding carboxylic acids is 1. The number of aromatic nitrogens is 1. The monoisotopic (exact) mass is 492 g/mol. The van der Waals surface area contributed by atoms with Crippen molar-refractivity contribution in [3.8, 4) is 0 Å². The molecule has 2 atom stereocenters. The van der Waals surface area contributed by atoms with Gasteiger partial charge < -0.3 is 20.7 Å². The minimum absolute atomic E-state index is 0.101. The van der Waals surface area contributed by atoms with Crippen LogP contribution in [-0.2, 0) is 9.53 Å². The van der Waals surface area contributed by atoms with Crippen molar-refractivity contribution in [3.63, 3.8) is 0 Å². The first-order valence-electron chi connectivity index (χ1n) is 12.0. The third kappa shape index (κ3) is 4.52. The van der Waals surface area contributed by atoms with E-state index >= 15 is 0 Å². The van der Waals surface area contributed by atoms with Gasteiger partial charge in [0, 0.05) is 45.0 Å². The predicted octanol–water partition coefficient (Wildman–Crippen LogP) is 0.257. The van der Waals surface area contributed by atoms with Gasteiger partial charge in [-0.05, 0) is 25.3 Å². The third-order valence-electron chi connectivity index (χ3n) is 7.74. The van der Waals surface area contributed by atoms with Crippen LogP contribution in [0, 0.1) is 10.8 Å². The van der Waals surface area contributed by atoms with E-state index in [0.717, 1.165) is 51.4 Å². The second-order valence-corrected chi connectivity index (χ2v) is 10.4. The van der Waals surface area contributed by atoms with E-state index in [4.69, 9.17) is 22.1 Å². The standard InChI is InChI=1S/C22H33ClN8O3/c23-14-9-26-20(27-10-14)18(19(24)29-33)21(32)28-16-11-25-5-1-17(16)30-6-2-15(3-7-30)31-8-4-22(31)12-34-13-22/h1,5,11,14-15,18-20,26-27H,2-4,6-10,12-13,24H2,(H,28,32). The lowest BCUT2D eigenvalue weighted by Gasteiger charge is -2.61. The van der Waals surface area contributed by atoms with Gasteiger partial charge in [-0.15, -0.1) is 16.5 Å². The lowest BCUT2D eigenvalue weighted by Crippen LogP contribution is -2.73. The minimum Gasteiger partial charge on any atom is -0.377 e. The zero-order chi connectivity index (χ0) is 23.7. The number of hydrogen-bond acceptors (Lipinski definition) is 10. The first-order valence-corrected chi connectivity index (χ1v) is 12.5. The van der Waals surface area contributed by atoms with E-state index in [9.17, 15) is 9.70 Å². The number of carbonyl (C=O) groups is 1. The second-order valence-electron chi connectivity index (χ2n) is 9.77. The molecule has 1 aromatic rings. The highest BCUT2D eigenvalue weighted by molar-refractivity contribution is 6.21. The summed E-state index contributed by atoms with van der Waals surface area (Å²) < 4.78 is 5.49.